The van der Waals surface area contributed by atoms with Gasteiger partial charge >= 0.3 is 0 Å². The maximum Gasteiger partial charge on any atom is 0.247 e. The molecular weight excluding hydrogens is 317 g/mol. The summed E-state index contributed by atoms with van der Waals surface area (Å²) in [7, 11) is 0. The van der Waals surface area contributed by atoms with E-state index in [0.717, 1.165) is 22.3 Å². The second-order valence-electron chi connectivity index (χ2n) is 6.39. The first kappa shape index (κ1) is 18.9. The molecule has 4 heteroatoms. The van der Waals surface area contributed by atoms with E-state index in [0.29, 0.717) is 11.1 Å². The Morgan fingerprint density at radius 1 is 1.20 bits per heavy atom. The predicted molar refractivity (Wildman–Crippen MR) is 99.7 cm³/mol. The second kappa shape index (κ2) is 8.08. The van der Waals surface area contributed by atoms with Crippen LogP contribution in [-0.4, -0.2) is 23.7 Å². The summed E-state index contributed by atoms with van der Waals surface area (Å²) in [5.41, 5.74) is 4.81. The highest BCUT2D eigenvalue weighted by molar-refractivity contribution is 5.97. The maximum absolute atomic E-state index is 14.1. The molecule has 3 nitrogen and oxygen atoms in total. The molecule has 0 aromatic heterocycles. The summed E-state index contributed by atoms with van der Waals surface area (Å²) >= 11 is 0. The van der Waals surface area contributed by atoms with Crippen LogP contribution >= 0.6 is 0 Å². The fourth-order valence-electron chi connectivity index (χ4n) is 2.65. The lowest BCUT2D eigenvalue weighted by Gasteiger charge is -2.13. The zero-order valence-corrected chi connectivity index (χ0v) is 15.1. The molecule has 0 bridgehead atoms. The van der Waals surface area contributed by atoms with Crippen LogP contribution in [0.15, 0.2) is 42.0 Å². The molecule has 0 saturated carbocycles. The molecule has 2 aromatic rings. The molecule has 0 saturated heterocycles. The maximum atomic E-state index is 14.1. The van der Waals surface area contributed by atoms with E-state index in [1.807, 2.05) is 38.1 Å². The fraction of sp³-hybridized carbons (Fsp3) is 0.286. The number of aryl methyl sites for hydroxylation is 2. The summed E-state index contributed by atoms with van der Waals surface area (Å²) in [6.07, 6.45) is 1.81. The molecule has 0 aliphatic carbocycles. The molecule has 0 heterocycles. The highest BCUT2D eigenvalue weighted by Gasteiger charge is 2.12. The van der Waals surface area contributed by atoms with Crippen molar-refractivity contribution in [2.45, 2.75) is 33.7 Å². The van der Waals surface area contributed by atoms with E-state index in [9.17, 15) is 9.18 Å². The van der Waals surface area contributed by atoms with E-state index in [2.05, 4.69) is 5.32 Å². The van der Waals surface area contributed by atoms with Crippen LogP contribution in [0, 0.1) is 19.7 Å². The molecule has 2 rings (SSSR count). The van der Waals surface area contributed by atoms with Gasteiger partial charge in [-0.3, -0.25) is 4.79 Å². The highest BCUT2D eigenvalue weighted by Crippen LogP contribution is 2.29. The smallest absolute Gasteiger partial charge is 0.247 e. The zero-order chi connectivity index (χ0) is 18.6. The average molecular weight is 341 g/mol. The monoisotopic (exact) mass is 341 g/mol. The Morgan fingerprint density at radius 2 is 1.88 bits per heavy atom. The molecule has 2 aromatic carbocycles. The summed E-state index contributed by atoms with van der Waals surface area (Å²) < 4.78 is 14.1. The first-order valence-corrected chi connectivity index (χ1v) is 8.29. The topological polar surface area (TPSA) is 49.3 Å². The van der Waals surface area contributed by atoms with E-state index >= 15 is 0 Å². The van der Waals surface area contributed by atoms with Crippen molar-refractivity contribution in [3.05, 3.63) is 64.5 Å². The molecule has 0 spiro atoms. The van der Waals surface area contributed by atoms with Crippen LogP contribution in [0.1, 0.15) is 30.5 Å². The molecule has 0 aliphatic rings. The van der Waals surface area contributed by atoms with Crippen LogP contribution in [-0.2, 0) is 4.79 Å². The van der Waals surface area contributed by atoms with Gasteiger partial charge in [-0.25, -0.2) is 4.39 Å². The van der Waals surface area contributed by atoms with Crippen LogP contribution in [0.5, 0.6) is 0 Å². The first-order chi connectivity index (χ1) is 11.8. The van der Waals surface area contributed by atoms with Gasteiger partial charge in [0.25, 0.3) is 0 Å². The van der Waals surface area contributed by atoms with Crippen molar-refractivity contribution >= 4 is 12.0 Å². The Balaban J connectivity index is 2.36. The summed E-state index contributed by atoms with van der Waals surface area (Å²) in [4.78, 5) is 12.1. The van der Waals surface area contributed by atoms with Gasteiger partial charge in [0, 0.05) is 17.2 Å². The van der Waals surface area contributed by atoms with Crippen molar-refractivity contribution in [2.75, 3.05) is 6.61 Å². The standard InChI is InChI=1S/C21H24FNO2/c1-13-11-19(18-7-5-6-8-20(18)22)14(2)9-17(13)10-15(3)21(25)23-16(4)12-24/h5-11,16,24H,12H2,1-4H3,(H,23,25)/b15-10+/t16-/m1/s1. The number of hydrogen-bond acceptors (Lipinski definition) is 2. The van der Waals surface area contributed by atoms with Crippen molar-refractivity contribution < 1.29 is 14.3 Å². The minimum Gasteiger partial charge on any atom is -0.394 e. The lowest BCUT2D eigenvalue weighted by Crippen LogP contribution is -2.35. The molecule has 0 aliphatic heterocycles. The molecule has 1 atom stereocenters. The number of nitrogens with one attached hydrogen (secondary N) is 1. The predicted octanol–water partition coefficient (Wildman–Crippen LogP) is 4.01. The number of hydrogen-bond donors (Lipinski definition) is 2. The number of benzene rings is 2. The van der Waals surface area contributed by atoms with Gasteiger partial charge in [0.1, 0.15) is 5.82 Å². The van der Waals surface area contributed by atoms with Gasteiger partial charge in [-0.2, -0.15) is 0 Å². The van der Waals surface area contributed by atoms with Gasteiger partial charge in [0.05, 0.1) is 6.61 Å². The third kappa shape index (κ3) is 4.54. The molecule has 0 fully saturated rings. The lowest BCUT2D eigenvalue weighted by molar-refractivity contribution is -0.118. The molecular formula is C21H24FNO2. The third-order valence-electron chi connectivity index (χ3n) is 4.16. The van der Waals surface area contributed by atoms with Crippen molar-refractivity contribution in [3.63, 3.8) is 0 Å². The quantitative estimate of drug-likeness (QED) is 0.807. The Kier molecular flexibility index (Phi) is 6.10. The van der Waals surface area contributed by atoms with Crippen LogP contribution in [0.3, 0.4) is 0 Å². The Bertz CT molecular complexity index is 812. The van der Waals surface area contributed by atoms with Crippen molar-refractivity contribution in [3.8, 4) is 11.1 Å². The SMILES string of the molecule is C/C(=C\c1cc(C)c(-c2ccccc2F)cc1C)C(=O)N[C@H](C)CO. The number of carbonyl (C=O) groups excluding carboxylic acids is 1. The van der Waals surface area contributed by atoms with Gasteiger partial charge < -0.3 is 10.4 Å². The number of amides is 1. The Labute approximate surface area is 148 Å². The normalized spacial score (nSPS) is 12.8. The van der Waals surface area contributed by atoms with Gasteiger partial charge in [0.2, 0.25) is 5.91 Å². The zero-order valence-electron chi connectivity index (χ0n) is 15.1. The van der Waals surface area contributed by atoms with E-state index in [1.54, 1.807) is 26.0 Å². The Hall–Kier alpha value is -2.46. The molecule has 0 radical (unpaired) electrons. The van der Waals surface area contributed by atoms with E-state index in [4.69, 9.17) is 5.11 Å². The number of carbonyl (C=O) groups is 1. The summed E-state index contributed by atoms with van der Waals surface area (Å²) in [5, 5.41) is 11.8. The fourth-order valence-corrected chi connectivity index (χ4v) is 2.65. The van der Waals surface area contributed by atoms with Crippen molar-refractivity contribution in [1.82, 2.24) is 5.32 Å². The molecule has 25 heavy (non-hydrogen) atoms. The van der Waals surface area contributed by atoms with Gasteiger partial charge in [-0.15, -0.1) is 0 Å². The van der Waals surface area contributed by atoms with Crippen LogP contribution in [0.2, 0.25) is 0 Å². The van der Waals surface area contributed by atoms with Crippen molar-refractivity contribution in [2.24, 2.45) is 0 Å². The lowest BCUT2D eigenvalue weighted by atomic mass is 9.94. The molecule has 0 unspecified atom stereocenters. The van der Waals surface area contributed by atoms with Gasteiger partial charge in [-0.1, -0.05) is 30.3 Å². The molecule has 1 amide bonds. The Morgan fingerprint density at radius 3 is 2.52 bits per heavy atom. The number of rotatable bonds is 5. The summed E-state index contributed by atoms with van der Waals surface area (Å²) in [6, 6.07) is 10.3. The number of halogens is 1. The largest absolute Gasteiger partial charge is 0.394 e. The minimum absolute atomic E-state index is 0.103. The molecule has 2 N–H and O–H groups in total. The minimum atomic E-state index is -0.290. The number of aliphatic hydroxyl groups is 1. The van der Waals surface area contributed by atoms with Crippen LogP contribution in [0.25, 0.3) is 17.2 Å². The third-order valence-corrected chi connectivity index (χ3v) is 4.16. The van der Waals surface area contributed by atoms with Crippen LogP contribution < -0.4 is 5.32 Å². The second-order valence-corrected chi connectivity index (χ2v) is 6.39. The summed E-state index contributed by atoms with van der Waals surface area (Å²) in [6.45, 7) is 7.25. The van der Waals surface area contributed by atoms with E-state index < -0.39 is 0 Å². The average Bonchev–Trinajstić information content (AvgIpc) is 2.58. The van der Waals surface area contributed by atoms with E-state index in [-0.39, 0.29) is 24.4 Å². The highest BCUT2D eigenvalue weighted by atomic mass is 19.1. The van der Waals surface area contributed by atoms with Crippen LogP contribution in [0.4, 0.5) is 4.39 Å². The molecule has 132 valence electrons. The number of aliphatic hydroxyl groups excluding tert-OH is 1. The van der Waals surface area contributed by atoms with E-state index in [1.165, 1.54) is 6.07 Å². The van der Waals surface area contributed by atoms with Gasteiger partial charge in [0.15, 0.2) is 0 Å². The first-order valence-electron chi connectivity index (χ1n) is 8.29. The summed E-state index contributed by atoms with van der Waals surface area (Å²) in [5.74, 6) is -0.460. The van der Waals surface area contributed by atoms with Crippen molar-refractivity contribution in [1.29, 1.82) is 0 Å². The van der Waals surface area contributed by atoms with Gasteiger partial charge in [-0.05, 0) is 62.1 Å².